The first-order chi connectivity index (χ1) is 13.8. The summed E-state index contributed by atoms with van der Waals surface area (Å²) in [5, 5.41) is 7.01. The second-order valence-corrected chi connectivity index (χ2v) is 7.71. The topological polar surface area (TPSA) is 103 Å². The predicted molar refractivity (Wildman–Crippen MR) is 106 cm³/mol. The van der Waals surface area contributed by atoms with Crippen molar-refractivity contribution < 1.29 is 18.7 Å². The number of esters is 1. The number of carbonyl (C=O) groups excluding carboxylic acids is 2. The van der Waals surface area contributed by atoms with Crippen LogP contribution in [0.15, 0.2) is 39.5 Å². The molecular weight excluding hydrogens is 374 g/mol. The summed E-state index contributed by atoms with van der Waals surface area (Å²) in [7, 11) is 0. The van der Waals surface area contributed by atoms with Gasteiger partial charge in [-0.25, -0.2) is 4.79 Å². The Morgan fingerprint density at radius 1 is 1.28 bits per heavy atom. The Labute approximate surface area is 169 Å². The van der Waals surface area contributed by atoms with E-state index < -0.39 is 24.4 Å². The average molecular weight is 401 g/mol. The lowest BCUT2D eigenvalue weighted by atomic mass is 9.78. The Bertz CT molecular complexity index is 905. The molecule has 1 amide bonds. The minimum Gasteiger partial charge on any atom is -0.451 e. The Morgan fingerprint density at radius 2 is 2.00 bits per heavy atom. The van der Waals surface area contributed by atoms with Crippen LogP contribution < -0.4 is 11.1 Å². The van der Waals surface area contributed by atoms with E-state index in [1.807, 2.05) is 6.07 Å². The number of hydrogen-bond acceptors (Lipinski definition) is 6. The molecule has 0 saturated heterocycles. The van der Waals surface area contributed by atoms with Crippen molar-refractivity contribution in [2.45, 2.75) is 58.7 Å². The van der Waals surface area contributed by atoms with Gasteiger partial charge in [0.2, 0.25) is 5.89 Å². The van der Waals surface area contributed by atoms with Gasteiger partial charge in [-0.05, 0) is 37.3 Å². The summed E-state index contributed by atoms with van der Waals surface area (Å²) in [4.78, 5) is 36.6. The fraction of sp³-hybridized carbons (Fsp3) is 0.524. The summed E-state index contributed by atoms with van der Waals surface area (Å²) in [6.45, 7) is 5.41. The number of amides is 1. The highest BCUT2D eigenvalue weighted by Gasteiger charge is 2.30. The lowest BCUT2D eigenvalue weighted by molar-refractivity contribution is -0.156. The van der Waals surface area contributed by atoms with E-state index in [1.54, 1.807) is 24.3 Å². The summed E-state index contributed by atoms with van der Waals surface area (Å²) in [6.07, 6.45) is 2.20. The molecule has 1 saturated carbocycles. The molecule has 0 unspecified atom stereocenters. The first-order valence-corrected chi connectivity index (χ1v) is 9.98. The van der Waals surface area contributed by atoms with Crippen LogP contribution in [0.25, 0.3) is 11.5 Å². The molecule has 0 radical (unpaired) electrons. The Kier molecular flexibility index (Phi) is 6.51. The number of rotatable bonds is 6. The highest BCUT2D eigenvalue weighted by atomic mass is 16.5. The normalized spacial score (nSPS) is 22.7. The van der Waals surface area contributed by atoms with Crippen LogP contribution in [-0.2, 0) is 20.9 Å². The van der Waals surface area contributed by atoms with Crippen LogP contribution >= 0.6 is 0 Å². The number of nitrogens with one attached hydrogen (secondary N) is 1. The Hall–Kier alpha value is -2.90. The molecule has 1 fully saturated rings. The molecule has 0 aliphatic heterocycles. The van der Waals surface area contributed by atoms with Crippen LogP contribution in [0.4, 0.5) is 0 Å². The highest BCUT2D eigenvalue weighted by molar-refractivity contribution is 5.83. The molecule has 3 rings (SSSR count). The third-order valence-corrected chi connectivity index (χ3v) is 5.62. The third-order valence-electron chi connectivity index (χ3n) is 5.62. The lowest BCUT2D eigenvalue weighted by Crippen LogP contribution is -2.47. The molecule has 4 atom stereocenters. The van der Waals surface area contributed by atoms with E-state index in [9.17, 15) is 14.4 Å². The Morgan fingerprint density at radius 3 is 2.72 bits per heavy atom. The van der Waals surface area contributed by atoms with Gasteiger partial charge in [0.15, 0.2) is 6.10 Å². The van der Waals surface area contributed by atoms with Gasteiger partial charge in [0.05, 0.1) is 0 Å². The number of nitrogens with zero attached hydrogens (tertiary/aromatic N) is 2. The largest absolute Gasteiger partial charge is 0.451 e. The zero-order valence-corrected chi connectivity index (χ0v) is 17.0. The highest BCUT2D eigenvalue weighted by Crippen LogP contribution is 2.29. The third kappa shape index (κ3) is 5.13. The number of benzene rings is 1. The molecule has 8 heteroatoms. The molecule has 0 spiro atoms. The van der Waals surface area contributed by atoms with Gasteiger partial charge in [-0.15, -0.1) is 5.10 Å². The van der Waals surface area contributed by atoms with Crippen molar-refractivity contribution in [3.63, 3.8) is 0 Å². The SMILES string of the molecule is C[C@@H]1[C@H](C)CCC[C@@H]1NC(=O)[C@@H](C)OC(=O)Cn1nc(-c2ccccc2)oc1=O. The van der Waals surface area contributed by atoms with E-state index in [-0.39, 0.29) is 17.8 Å². The van der Waals surface area contributed by atoms with Crippen LogP contribution in [0.2, 0.25) is 0 Å². The maximum atomic E-state index is 12.4. The number of aromatic nitrogens is 2. The van der Waals surface area contributed by atoms with Crippen LogP contribution in [-0.4, -0.2) is 33.8 Å². The van der Waals surface area contributed by atoms with Gasteiger partial charge < -0.3 is 14.5 Å². The molecule has 156 valence electrons. The second kappa shape index (κ2) is 9.07. The predicted octanol–water partition coefficient (Wildman–Crippen LogP) is 2.38. The molecule has 1 heterocycles. The van der Waals surface area contributed by atoms with Gasteiger partial charge in [0.1, 0.15) is 6.54 Å². The van der Waals surface area contributed by atoms with Gasteiger partial charge in [-0.2, -0.15) is 4.68 Å². The minimum atomic E-state index is -0.955. The first kappa shape index (κ1) is 20.8. The van der Waals surface area contributed by atoms with Crippen molar-refractivity contribution in [2.75, 3.05) is 0 Å². The molecule has 1 aliphatic rings. The van der Waals surface area contributed by atoms with Crippen LogP contribution in [0.5, 0.6) is 0 Å². The van der Waals surface area contributed by atoms with Gasteiger partial charge in [-0.1, -0.05) is 44.9 Å². The maximum Gasteiger partial charge on any atom is 0.437 e. The van der Waals surface area contributed by atoms with E-state index in [4.69, 9.17) is 9.15 Å². The standard InChI is InChI=1S/C21H27N3O5/c1-13-8-7-11-17(14(13)2)22-19(26)15(3)28-18(25)12-24-21(27)29-20(23-24)16-9-5-4-6-10-16/h4-6,9-10,13-15,17H,7-8,11-12H2,1-3H3,(H,22,26)/t13-,14-,15-,17+/m1/s1. The number of carbonyl (C=O) groups is 2. The van der Waals surface area contributed by atoms with Gasteiger partial charge in [0.25, 0.3) is 5.91 Å². The van der Waals surface area contributed by atoms with E-state index in [0.717, 1.165) is 23.9 Å². The smallest absolute Gasteiger partial charge is 0.437 e. The molecule has 1 aromatic carbocycles. The van der Waals surface area contributed by atoms with E-state index >= 15 is 0 Å². The van der Waals surface area contributed by atoms with E-state index in [0.29, 0.717) is 17.4 Å². The molecule has 1 aliphatic carbocycles. The molecule has 1 N–H and O–H groups in total. The molecule has 1 aromatic heterocycles. The van der Waals surface area contributed by atoms with Crippen LogP contribution in [0.3, 0.4) is 0 Å². The summed E-state index contributed by atoms with van der Waals surface area (Å²) in [5.74, 6) is -0.780. The monoisotopic (exact) mass is 401 g/mol. The molecule has 2 aromatic rings. The van der Waals surface area contributed by atoms with Gasteiger partial charge >= 0.3 is 11.7 Å². The fourth-order valence-electron chi connectivity index (χ4n) is 3.60. The summed E-state index contributed by atoms with van der Waals surface area (Å²) < 4.78 is 11.2. The second-order valence-electron chi connectivity index (χ2n) is 7.71. The van der Waals surface area contributed by atoms with Crippen LogP contribution in [0.1, 0.15) is 40.0 Å². The average Bonchev–Trinajstić information content (AvgIpc) is 3.06. The number of ether oxygens (including phenoxy) is 1. The van der Waals surface area contributed by atoms with Crippen molar-refractivity contribution in [3.05, 3.63) is 40.9 Å². The zero-order valence-electron chi connectivity index (χ0n) is 17.0. The quantitative estimate of drug-likeness (QED) is 0.746. The lowest BCUT2D eigenvalue weighted by Gasteiger charge is -2.35. The van der Waals surface area contributed by atoms with Crippen molar-refractivity contribution in [2.24, 2.45) is 11.8 Å². The summed E-state index contributed by atoms with van der Waals surface area (Å²) >= 11 is 0. The molecule has 0 bridgehead atoms. The van der Waals surface area contributed by atoms with E-state index in [1.165, 1.54) is 6.92 Å². The van der Waals surface area contributed by atoms with Gasteiger partial charge in [-0.3, -0.25) is 9.59 Å². The number of hydrogen-bond donors (Lipinski definition) is 1. The van der Waals surface area contributed by atoms with E-state index in [2.05, 4.69) is 24.3 Å². The molecule has 8 nitrogen and oxygen atoms in total. The minimum absolute atomic E-state index is 0.0824. The van der Waals surface area contributed by atoms with Crippen LogP contribution in [0, 0.1) is 11.8 Å². The first-order valence-electron chi connectivity index (χ1n) is 9.98. The molecule has 29 heavy (non-hydrogen) atoms. The zero-order chi connectivity index (χ0) is 21.0. The van der Waals surface area contributed by atoms with Gasteiger partial charge in [0, 0.05) is 11.6 Å². The van der Waals surface area contributed by atoms with Crippen molar-refractivity contribution >= 4 is 11.9 Å². The molecular formula is C21H27N3O5. The summed E-state index contributed by atoms with van der Waals surface area (Å²) in [5.41, 5.74) is 0.625. The fourth-order valence-corrected chi connectivity index (χ4v) is 3.60. The van der Waals surface area contributed by atoms with Crippen molar-refractivity contribution in [1.29, 1.82) is 0 Å². The maximum absolute atomic E-state index is 12.4. The summed E-state index contributed by atoms with van der Waals surface area (Å²) in [6, 6.07) is 8.98. The van der Waals surface area contributed by atoms with Crippen molar-refractivity contribution in [1.82, 2.24) is 15.1 Å². The Balaban J connectivity index is 1.56. The van der Waals surface area contributed by atoms with Crippen molar-refractivity contribution in [3.8, 4) is 11.5 Å².